The SMILES string of the molecule is Fc1cccc(-c2nccc3[nH]c(-c4n[nH]c5cnc(-c6cncc(CN7CCCCC7)c6)cc45)cc23)c1. The summed E-state index contributed by atoms with van der Waals surface area (Å²) in [5, 5.41) is 9.59. The van der Waals surface area contributed by atoms with Crippen molar-refractivity contribution in [3.05, 3.63) is 84.7 Å². The van der Waals surface area contributed by atoms with Gasteiger partial charge in [0.25, 0.3) is 0 Å². The highest BCUT2D eigenvalue weighted by Gasteiger charge is 2.16. The first-order chi connectivity index (χ1) is 18.7. The van der Waals surface area contributed by atoms with Crippen LogP contribution in [0.5, 0.6) is 0 Å². The summed E-state index contributed by atoms with van der Waals surface area (Å²) in [6, 6.07) is 14.7. The van der Waals surface area contributed by atoms with Crippen molar-refractivity contribution >= 4 is 21.8 Å². The smallest absolute Gasteiger partial charge is 0.123 e. The van der Waals surface area contributed by atoms with E-state index in [4.69, 9.17) is 4.98 Å². The molecule has 0 spiro atoms. The Bertz CT molecular complexity index is 1760. The van der Waals surface area contributed by atoms with Crippen molar-refractivity contribution in [1.29, 1.82) is 0 Å². The number of fused-ring (bicyclic) bond motifs is 2. The minimum atomic E-state index is -0.287. The van der Waals surface area contributed by atoms with E-state index in [1.54, 1.807) is 12.3 Å². The molecular weight excluding hydrogens is 477 g/mol. The molecule has 0 amide bonds. The van der Waals surface area contributed by atoms with Gasteiger partial charge in [-0.25, -0.2) is 4.39 Å². The lowest BCUT2D eigenvalue weighted by atomic mass is 10.1. The summed E-state index contributed by atoms with van der Waals surface area (Å²) in [6.07, 6.45) is 11.2. The Hall–Kier alpha value is -4.43. The summed E-state index contributed by atoms with van der Waals surface area (Å²) >= 11 is 0. The van der Waals surface area contributed by atoms with E-state index in [1.807, 2.05) is 36.8 Å². The van der Waals surface area contributed by atoms with Gasteiger partial charge in [-0.2, -0.15) is 5.10 Å². The van der Waals surface area contributed by atoms with E-state index in [0.717, 1.165) is 75.3 Å². The van der Waals surface area contributed by atoms with Crippen LogP contribution in [-0.4, -0.2) is 48.1 Å². The fraction of sp³-hybridized carbons (Fsp3) is 0.200. The molecule has 1 saturated heterocycles. The average molecular weight is 504 g/mol. The molecule has 6 aromatic rings. The van der Waals surface area contributed by atoms with E-state index in [0.29, 0.717) is 0 Å². The second-order valence-electron chi connectivity index (χ2n) is 9.92. The van der Waals surface area contributed by atoms with Crippen molar-refractivity contribution in [2.75, 3.05) is 13.1 Å². The Kier molecular flexibility index (Phi) is 5.66. The summed E-state index contributed by atoms with van der Waals surface area (Å²) < 4.78 is 13.9. The van der Waals surface area contributed by atoms with E-state index in [1.165, 1.54) is 37.0 Å². The van der Waals surface area contributed by atoms with Gasteiger partial charge in [0, 0.05) is 52.6 Å². The van der Waals surface area contributed by atoms with Gasteiger partial charge in [-0.3, -0.25) is 25.0 Å². The Balaban J connectivity index is 1.26. The Labute approximate surface area is 218 Å². The Morgan fingerprint density at radius 3 is 2.61 bits per heavy atom. The normalized spacial score (nSPS) is 14.4. The largest absolute Gasteiger partial charge is 0.353 e. The van der Waals surface area contributed by atoms with Gasteiger partial charge in [-0.1, -0.05) is 18.6 Å². The van der Waals surface area contributed by atoms with E-state index in [-0.39, 0.29) is 5.82 Å². The molecule has 188 valence electrons. The maximum atomic E-state index is 13.9. The van der Waals surface area contributed by atoms with Gasteiger partial charge in [0.05, 0.1) is 28.8 Å². The van der Waals surface area contributed by atoms with Crippen LogP contribution in [0, 0.1) is 5.82 Å². The highest BCUT2D eigenvalue weighted by Crippen LogP contribution is 2.34. The number of likely N-dealkylation sites (tertiary alicyclic amines) is 1. The number of hydrogen-bond acceptors (Lipinski definition) is 5. The quantitative estimate of drug-likeness (QED) is 0.286. The van der Waals surface area contributed by atoms with Crippen molar-refractivity contribution in [2.24, 2.45) is 0 Å². The third-order valence-corrected chi connectivity index (χ3v) is 7.29. The molecule has 8 heteroatoms. The number of hydrogen-bond donors (Lipinski definition) is 2. The maximum absolute atomic E-state index is 13.9. The van der Waals surface area contributed by atoms with E-state index < -0.39 is 0 Å². The molecule has 0 saturated carbocycles. The lowest BCUT2D eigenvalue weighted by molar-refractivity contribution is 0.220. The van der Waals surface area contributed by atoms with Crippen LogP contribution >= 0.6 is 0 Å². The number of aromatic amines is 2. The second kappa shape index (κ2) is 9.46. The number of benzene rings is 1. The molecule has 0 unspecified atom stereocenters. The molecule has 7 nitrogen and oxygen atoms in total. The second-order valence-corrected chi connectivity index (χ2v) is 9.92. The third kappa shape index (κ3) is 4.22. The summed E-state index contributed by atoms with van der Waals surface area (Å²) in [6.45, 7) is 3.21. The summed E-state index contributed by atoms with van der Waals surface area (Å²) in [5.74, 6) is -0.287. The van der Waals surface area contributed by atoms with Crippen LogP contribution in [0.3, 0.4) is 0 Å². The van der Waals surface area contributed by atoms with Crippen LogP contribution in [0.15, 0.2) is 73.3 Å². The van der Waals surface area contributed by atoms with Crippen molar-refractivity contribution in [2.45, 2.75) is 25.8 Å². The highest BCUT2D eigenvalue weighted by molar-refractivity contribution is 6.00. The zero-order valence-corrected chi connectivity index (χ0v) is 20.8. The predicted molar refractivity (Wildman–Crippen MR) is 147 cm³/mol. The van der Waals surface area contributed by atoms with Gasteiger partial charge in [0.15, 0.2) is 0 Å². The highest BCUT2D eigenvalue weighted by atomic mass is 19.1. The van der Waals surface area contributed by atoms with Crippen molar-refractivity contribution in [3.63, 3.8) is 0 Å². The zero-order chi connectivity index (χ0) is 25.5. The van der Waals surface area contributed by atoms with E-state index in [9.17, 15) is 4.39 Å². The number of aromatic nitrogens is 6. The lowest BCUT2D eigenvalue weighted by Crippen LogP contribution is -2.29. The number of nitrogens with zero attached hydrogens (tertiary/aromatic N) is 5. The average Bonchev–Trinajstić information content (AvgIpc) is 3.57. The Morgan fingerprint density at radius 1 is 0.816 bits per heavy atom. The molecular formula is C30H26FN7. The lowest BCUT2D eigenvalue weighted by Gasteiger charge is -2.26. The van der Waals surface area contributed by atoms with Crippen LogP contribution in [0.1, 0.15) is 24.8 Å². The minimum absolute atomic E-state index is 0.287. The Morgan fingerprint density at radius 2 is 1.71 bits per heavy atom. The van der Waals surface area contributed by atoms with Gasteiger partial charge < -0.3 is 4.98 Å². The molecule has 6 heterocycles. The minimum Gasteiger partial charge on any atom is -0.353 e. The standard InChI is InChI=1S/C30H26FN7/c31-22-6-4-5-20(12-22)29-23-14-27(35-25(23)7-8-33-29)30-24-13-26(34-17-28(24)36-37-30)21-11-19(15-32-16-21)18-38-9-2-1-3-10-38/h4-8,11-17,35H,1-3,9-10,18H2,(H,36,37). The van der Waals surface area contributed by atoms with Gasteiger partial charge in [-0.05, 0) is 67.9 Å². The van der Waals surface area contributed by atoms with E-state index in [2.05, 4.69) is 42.2 Å². The summed E-state index contributed by atoms with van der Waals surface area (Å²) in [5.41, 5.74) is 7.91. The topological polar surface area (TPSA) is 86.4 Å². The monoisotopic (exact) mass is 503 g/mol. The van der Waals surface area contributed by atoms with Crippen LogP contribution < -0.4 is 0 Å². The van der Waals surface area contributed by atoms with Gasteiger partial charge in [0.1, 0.15) is 11.5 Å². The summed E-state index contributed by atoms with van der Waals surface area (Å²) in [4.78, 5) is 19.7. The molecule has 1 aliphatic rings. The van der Waals surface area contributed by atoms with Crippen molar-refractivity contribution in [1.82, 2.24) is 35.0 Å². The molecule has 7 rings (SSSR count). The molecule has 0 atom stereocenters. The van der Waals surface area contributed by atoms with Gasteiger partial charge in [0.2, 0.25) is 0 Å². The predicted octanol–water partition coefficient (Wildman–Crippen LogP) is 6.36. The summed E-state index contributed by atoms with van der Waals surface area (Å²) in [7, 11) is 0. The fourth-order valence-corrected chi connectivity index (χ4v) is 5.42. The van der Waals surface area contributed by atoms with Gasteiger partial charge in [-0.15, -0.1) is 0 Å². The molecule has 1 aromatic carbocycles. The third-order valence-electron chi connectivity index (χ3n) is 7.29. The number of nitrogens with one attached hydrogen (secondary N) is 2. The molecule has 38 heavy (non-hydrogen) atoms. The number of piperidine rings is 1. The van der Waals surface area contributed by atoms with Crippen molar-refractivity contribution < 1.29 is 4.39 Å². The fourth-order valence-electron chi connectivity index (χ4n) is 5.42. The molecule has 0 radical (unpaired) electrons. The molecule has 2 N–H and O–H groups in total. The first-order valence-electron chi connectivity index (χ1n) is 13.0. The first kappa shape index (κ1) is 22.7. The van der Waals surface area contributed by atoms with Crippen LogP contribution in [-0.2, 0) is 6.54 Å². The number of H-pyrrole nitrogens is 2. The molecule has 5 aromatic heterocycles. The van der Waals surface area contributed by atoms with Crippen LogP contribution in [0.2, 0.25) is 0 Å². The maximum Gasteiger partial charge on any atom is 0.123 e. The van der Waals surface area contributed by atoms with E-state index >= 15 is 0 Å². The molecule has 1 fully saturated rings. The van der Waals surface area contributed by atoms with Crippen molar-refractivity contribution in [3.8, 4) is 33.9 Å². The zero-order valence-electron chi connectivity index (χ0n) is 20.8. The number of pyridine rings is 3. The number of halogens is 1. The van der Waals surface area contributed by atoms with Crippen LogP contribution in [0.4, 0.5) is 4.39 Å². The molecule has 0 bridgehead atoms. The molecule has 1 aliphatic heterocycles. The first-order valence-corrected chi connectivity index (χ1v) is 13.0. The van der Waals surface area contributed by atoms with Gasteiger partial charge >= 0.3 is 0 Å². The van der Waals surface area contributed by atoms with Crippen LogP contribution in [0.25, 0.3) is 55.7 Å². The molecule has 0 aliphatic carbocycles. The number of rotatable bonds is 5.